The Hall–Kier alpha value is -2.84. The summed E-state index contributed by atoms with van der Waals surface area (Å²) in [6.45, 7) is 0.745. The molecule has 24 heavy (non-hydrogen) atoms. The third-order valence-electron chi connectivity index (χ3n) is 4.45. The van der Waals surface area contributed by atoms with Crippen molar-refractivity contribution >= 4 is 16.8 Å². The fourth-order valence-electron chi connectivity index (χ4n) is 3.36. The lowest BCUT2D eigenvalue weighted by atomic mass is 9.90. The van der Waals surface area contributed by atoms with Gasteiger partial charge in [-0.1, -0.05) is 78.9 Å². The van der Waals surface area contributed by atoms with Crippen molar-refractivity contribution in [3.05, 3.63) is 102 Å². The molecule has 0 spiro atoms. The summed E-state index contributed by atoms with van der Waals surface area (Å²) < 4.78 is 0. The Morgan fingerprint density at radius 1 is 0.750 bits per heavy atom. The van der Waals surface area contributed by atoms with Crippen LogP contribution in [0.5, 0.6) is 0 Å². The minimum atomic E-state index is 0.745. The highest BCUT2D eigenvalue weighted by Crippen LogP contribution is 2.41. The van der Waals surface area contributed by atoms with Gasteiger partial charge in [0.25, 0.3) is 0 Å². The number of hydrogen-bond acceptors (Lipinski definition) is 2. The molecule has 1 aliphatic heterocycles. The van der Waals surface area contributed by atoms with E-state index in [2.05, 4.69) is 84.9 Å². The number of hydrogen-bond donors (Lipinski definition) is 0. The van der Waals surface area contributed by atoms with Crippen molar-refractivity contribution in [1.29, 1.82) is 0 Å². The zero-order valence-electron chi connectivity index (χ0n) is 13.6. The van der Waals surface area contributed by atoms with Crippen LogP contribution in [-0.4, -0.2) is 13.7 Å². The third kappa shape index (κ3) is 2.51. The van der Waals surface area contributed by atoms with Gasteiger partial charge in [-0.3, -0.25) is 4.84 Å². The summed E-state index contributed by atoms with van der Waals surface area (Å²) in [5, 5.41) is 1.95. The largest absolute Gasteiger partial charge is 0.276 e. The van der Waals surface area contributed by atoms with E-state index in [0.717, 1.165) is 12.2 Å². The fraction of sp³-hybridized carbons (Fsp3) is 0.0909. The first kappa shape index (κ1) is 14.7. The molecule has 2 nitrogen and oxygen atoms in total. The summed E-state index contributed by atoms with van der Waals surface area (Å²) >= 11 is 0. The molecular formula is C22H19NO. The van der Waals surface area contributed by atoms with E-state index in [0.29, 0.717) is 0 Å². The van der Waals surface area contributed by atoms with E-state index in [1.807, 2.05) is 5.06 Å². The average molecular weight is 313 g/mol. The van der Waals surface area contributed by atoms with E-state index in [-0.39, 0.29) is 0 Å². The number of hydroxylamine groups is 1. The summed E-state index contributed by atoms with van der Waals surface area (Å²) in [4.78, 5) is 5.59. The highest BCUT2D eigenvalue weighted by atomic mass is 16.7. The number of fused-ring (bicyclic) bond motifs is 1. The number of anilines is 1. The maximum Gasteiger partial charge on any atom is 0.0719 e. The molecule has 0 fully saturated rings. The number of benzene rings is 3. The summed E-state index contributed by atoms with van der Waals surface area (Å²) in [6.07, 6.45) is 0. The molecule has 3 aromatic carbocycles. The van der Waals surface area contributed by atoms with Gasteiger partial charge in [-0.15, -0.1) is 0 Å². The molecule has 0 aliphatic carbocycles. The second kappa shape index (κ2) is 6.34. The zero-order chi connectivity index (χ0) is 16.4. The Morgan fingerprint density at radius 3 is 1.88 bits per heavy atom. The van der Waals surface area contributed by atoms with Crippen molar-refractivity contribution in [2.45, 2.75) is 0 Å². The van der Waals surface area contributed by atoms with Gasteiger partial charge >= 0.3 is 0 Å². The lowest BCUT2D eigenvalue weighted by Crippen LogP contribution is -2.18. The lowest BCUT2D eigenvalue weighted by molar-refractivity contribution is 0.179. The predicted molar refractivity (Wildman–Crippen MR) is 99.6 cm³/mol. The maximum atomic E-state index is 5.59. The Labute approximate surface area is 142 Å². The van der Waals surface area contributed by atoms with Crippen molar-refractivity contribution in [2.75, 3.05) is 18.7 Å². The van der Waals surface area contributed by atoms with Crippen molar-refractivity contribution in [1.82, 2.24) is 0 Å². The standard InChI is InChI=1S/C22H19NO/c1-24-23-16-20(19-14-8-9-15-21(19)23)22(17-10-4-2-5-11-17)18-12-6-3-7-13-18/h2-15H,16H2,1H3. The van der Waals surface area contributed by atoms with Gasteiger partial charge in [0, 0.05) is 5.56 Å². The van der Waals surface area contributed by atoms with Crippen LogP contribution in [0.4, 0.5) is 5.69 Å². The maximum absolute atomic E-state index is 5.59. The van der Waals surface area contributed by atoms with Gasteiger partial charge in [0.15, 0.2) is 0 Å². The Morgan fingerprint density at radius 2 is 1.29 bits per heavy atom. The van der Waals surface area contributed by atoms with Crippen LogP contribution in [0, 0.1) is 0 Å². The molecule has 3 aromatic rings. The van der Waals surface area contributed by atoms with Crippen molar-refractivity contribution in [2.24, 2.45) is 0 Å². The van der Waals surface area contributed by atoms with E-state index >= 15 is 0 Å². The van der Waals surface area contributed by atoms with E-state index in [1.165, 1.54) is 27.8 Å². The van der Waals surface area contributed by atoms with E-state index in [1.54, 1.807) is 7.11 Å². The van der Waals surface area contributed by atoms with Crippen molar-refractivity contribution < 1.29 is 4.84 Å². The molecule has 0 atom stereocenters. The SMILES string of the molecule is CON1CC(=C(c2ccccc2)c2ccccc2)c2ccccc21. The van der Waals surface area contributed by atoms with Crippen LogP contribution in [-0.2, 0) is 4.84 Å². The molecule has 1 heterocycles. The van der Waals surface area contributed by atoms with Crippen molar-refractivity contribution in [3.63, 3.8) is 0 Å². The van der Waals surface area contributed by atoms with Gasteiger partial charge in [-0.25, -0.2) is 5.06 Å². The van der Waals surface area contributed by atoms with E-state index in [4.69, 9.17) is 4.84 Å². The second-order valence-corrected chi connectivity index (χ2v) is 5.82. The van der Waals surface area contributed by atoms with Crippen LogP contribution in [0.25, 0.3) is 11.1 Å². The molecule has 0 bridgehead atoms. The lowest BCUT2D eigenvalue weighted by Gasteiger charge is -2.16. The van der Waals surface area contributed by atoms with Gasteiger partial charge in [0.05, 0.1) is 19.3 Å². The minimum absolute atomic E-state index is 0.745. The topological polar surface area (TPSA) is 12.5 Å². The molecule has 118 valence electrons. The summed E-state index contributed by atoms with van der Waals surface area (Å²) in [5.41, 5.74) is 7.38. The first-order chi connectivity index (χ1) is 11.9. The smallest absolute Gasteiger partial charge is 0.0719 e. The molecule has 0 saturated carbocycles. The Balaban J connectivity index is 1.99. The van der Waals surface area contributed by atoms with E-state index < -0.39 is 0 Å². The molecule has 0 saturated heterocycles. The average Bonchev–Trinajstić information content (AvgIpc) is 3.03. The molecule has 4 rings (SSSR count). The predicted octanol–water partition coefficient (Wildman–Crippen LogP) is 5.03. The molecule has 1 aliphatic rings. The first-order valence-electron chi connectivity index (χ1n) is 8.13. The Kier molecular flexibility index (Phi) is 3.89. The van der Waals surface area contributed by atoms with Crippen molar-refractivity contribution in [3.8, 4) is 0 Å². The van der Waals surface area contributed by atoms with Gasteiger partial charge in [-0.05, 0) is 28.3 Å². The third-order valence-corrected chi connectivity index (χ3v) is 4.45. The molecule has 0 N–H and O–H groups in total. The summed E-state index contributed by atoms with van der Waals surface area (Å²) in [5.74, 6) is 0. The molecule has 2 heteroatoms. The number of para-hydroxylation sites is 1. The van der Waals surface area contributed by atoms with Gasteiger partial charge in [-0.2, -0.15) is 0 Å². The molecule has 0 amide bonds. The summed E-state index contributed by atoms with van der Waals surface area (Å²) in [7, 11) is 1.73. The van der Waals surface area contributed by atoms with Crippen LogP contribution in [0.3, 0.4) is 0 Å². The Bertz CT molecular complexity index is 827. The highest BCUT2D eigenvalue weighted by molar-refractivity contribution is 6.04. The summed E-state index contributed by atoms with van der Waals surface area (Å²) in [6, 6.07) is 29.6. The van der Waals surface area contributed by atoms with Crippen LogP contribution >= 0.6 is 0 Å². The quantitative estimate of drug-likeness (QED) is 0.672. The highest BCUT2D eigenvalue weighted by Gasteiger charge is 2.26. The fourth-order valence-corrected chi connectivity index (χ4v) is 3.36. The van der Waals surface area contributed by atoms with Crippen LogP contribution in [0.1, 0.15) is 16.7 Å². The minimum Gasteiger partial charge on any atom is -0.276 e. The van der Waals surface area contributed by atoms with Gasteiger partial charge < -0.3 is 0 Å². The molecule has 0 unspecified atom stereocenters. The molecular weight excluding hydrogens is 294 g/mol. The van der Waals surface area contributed by atoms with Crippen LogP contribution < -0.4 is 5.06 Å². The molecule has 0 aromatic heterocycles. The first-order valence-corrected chi connectivity index (χ1v) is 8.13. The zero-order valence-corrected chi connectivity index (χ0v) is 13.6. The van der Waals surface area contributed by atoms with Gasteiger partial charge in [0.2, 0.25) is 0 Å². The number of rotatable bonds is 3. The normalized spacial score (nSPS) is 13.0. The monoisotopic (exact) mass is 313 g/mol. The van der Waals surface area contributed by atoms with Crippen LogP contribution in [0.15, 0.2) is 84.9 Å². The van der Waals surface area contributed by atoms with Crippen LogP contribution in [0.2, 0.25) is 0 Å². The van der Waals surface area contributed by atoms with Gasteiger partial charge in [0.1, 0.15) is 0 Å². The number of nitrogens with zero attached hydrogens (tertiary/aromatic N) is 1. The molecule has 0 radical (unpaired) electrons. The van der Waals surface area contributed by atoms with E-state index in [9.17, 15) is 0 Å². The second-order valence-electron chi connectivity index (χ2n) is 5.82.